The predicted molar refractivity (Wildman–Crippen MR) is 94.1 cm³/mol. The molecule has 0 aliphatic heterocycles. The Kier molecular flexibility index (Phi) is 3.84. The van der Waals surface area contributed by atoms with Gasteiger partial charge in [-0.15, -0.1) is 0 Å². The van der Waals surface area contributed by atoms with E-state index in [0.717, 1.165) is 5.52 Å². The van der Waals surface area contributed by atoms with E-state index in [1.807, 2.05) is 18.2 Å². The number of aromatic nitrogens is 1. The fourth-order valence-corrected chi connectivity index (χ4v) is 2.91. The average molecular weight is 376 g/mol. The van der Waals surface area contributed by atoms with Gasteiger partial charge in [-0.1, -0.05) is 26.8 Å². The van der Waals surface area contributed by atoms with Gasteiger partial charge in [0, 0.05) is 4.47 Å². The summed E-state index contributed by atoms with van der Waals surface area (Å²) in [5, 5.41) is 10.4. The van der Waals surface area contributed by atoms with Crippen molar-refractivity contribution in [3.05, 3.63) is 40.4 Å². The molecule has 3 aromatic rings. The minimum absolute atomic E-state index is 0.00414. The summed E-state index contributed by atoms with van der Waals surface area (Å²) >= 11 is 3.44. The fraction of sp³-hybridized carbons (Fsp3) is 0.278. The molecule has 0 saturated carbocycles. The van der Waals surface area contributed by atoms with Crippen molar-refractivity contribution in [1.82, 2.24) is 4.98 Å². The van der Waals surface area contributed by atoms with Crippen molar-refractivity contribution in [2.24, 2.45) is 0 Å². The molecular weight excluding hydrogens is 358 g/mol. The lowest BCUT2D eigenvalue weighted by Crippen LogP contribution is -2.10. The van der Waals surface area contributed by atoms with Crippen LogP contribution in [0.2, 0.25) is 0 Å². The van der Waals surface area contributed by atoms with E-state index in [4.69, 9.17) is 9.15 Å². The van der Waals surface area contributed by atoms with Crippen LogP contribution in [-0.4, -0.2) is 17.2 Å². The molecule has 3 rings (SSSR count). The first-order valence-corrected chi connectivity index (χ1v) is 8.07. The van der Waals surface area contributed by atoms with E-state index in [1.54, 1.807) is 12.1 Å². The van der Waals surface area contributed by atoms with Crippen LogP contribution >= 0.6 is 15.9 Å². The van der Waals surface area contributed by atoms with Gasteiger partial charge in [-0.25, -0.2) is 4.98 Å². The monoisotopic (exact) mass is 375 g/mol. The highest BCUT2D eigenvalue weighted by molar-refractivity contribution is 9.10. The molecule has 0 atom stereocenters. The molecule has 0 saturated heterocycles. The quantitative estimate of drug-likeness (QED) is 0.662. The zero-order valence-corrected chi connectivity index (χ0v) is 15.1. The van der Waals surface area contributed by atoms with Gasteiger partial charge >= 0.3 is 0 Å². The molecule has 0 fully saturated rings. The SMILES string of the molecule is COc1ccc(Br)c(-c2nc3cc(C(C)(C)C)ccc3o2)c1O. The zero-order chi connectivity index (χ0) is 16.8. The minimum atomic E-state index is 0.00414. The number of oxazole rings is 1. The maximum absolute atomic E-state index is 10.4. The number of halogens is 1. The lowest BCUT2D eigenvalue weighted by atomic mass is 9.87. The summed E-state index contributed by atoms with van der Waals surface area (Å²) in [6, 6.07) is 9.45. The minimum Gasteiger partial charge on any atom is -0.504 e. The summed E-state index contributed by atoms with van der Waals surface area (Å²) in [7, 11) is 1.51. The third-order valence-electron chi connectivity index (χ3n) is 3.78. The van der Waals surface area contributed by atoms with E-state index in [-0.39, 0.29) is 11.2 Å². The zero-order valence-electron chi connectivity index (χ0n) is 13.5. The number of ether oxygens (including phenoxy) is 1. The van der Waals surface area contributed by atoms with Crippen LogP contribution in [0.15, 0.2) is 39.2 Å². The molecule has 2 aromatic carbocycles. The highest BCUT2D eigenvalue weighted by atomic mass is 79.9. The lowest BCUT2D eigenvalue weighted by Gasteiger charge is -2.18. The van der Waals surface area contributed by atoms with Crippen LogP contribution in [0.4, 0.5) is 0 Å². The van der Waals surface area contributed by atoms with Crippen LogP contribution in [0.3, 0.4) is 0 Å². The van der Waals surface area contributed by atoms with E-state index in [1.165, 1.54) is 12.7 Å². The summed E-state index contributed by atoms with van der Waals surface area (Å²) in [5.41, 5.74) is 3.15. The molecule has 0 aliphatic rings. The first-order chi connectivity index (χ1) is 10.8. The molecule has 0 aliphatic carbocycles. The Morgan fingerprint density at radius 1 is 1.17 bits per heavy atom. The van der Waals surface area contributed by atoms with E-state index in [2.05, 4.69) is 41.7 Å². The van der Waals surface area contributed by atoms with Gasteiger partial charge in [0.15, 0.2) is 17.1 Å². The number of hydrogen-bond donors (Lipinski definition) is 1. The number of hydrogen-bond acceptors (Lipinski definition) is 4. The van der Waals surface area contributed by atoms with E-state index >= 15 is 0 Å². The molecule has 0 bridgehead atoms. The number of nitrogens with zero attached hydrogens (tertiary/aromatic N) is 1. The second-order valence-electron chi connectivity index (χ2n) is 6.42. The number of phenols is 1. The molecule has 0 amide bonds. The Morgan fingerprint density at radius 3 is 2.57 bits per heavy atom. The van der Waals surface area contributed by atoms with Gasteiger partial charge in [0.1, 0.15) is 5.52 Å². The highest BCUT2D eigenvalue weighted by Gasteiger charge is 2.20. The summed E-state index contributed by atoms with van der Waals surface area (Å²) in [5.74, 6) is 0.736. The maximum atomic E-state index is 10.4. The number of methoxy groups -OCH3 is 1. The van der Waals surface area contributed by atoms with E-state index in [9.17, 15) is 5.11 Å². The van der Waals surface area contributed by atoms with Crippen LogP contribution in [0.25, 0.3) is 22.6 Å². The second-order valence-corrected chi connectivity index (χ2v) is 7.28. The van der Waals surface area contributed by atoms with Crippen LogP contribution in [0.1, 0.15) is 26.3 Å². The van der Waals surface area contributed by atoms with Crippen molar-refractivity contribution in [3.8, 4) is 23.0 Å². The molecule has 4 nitrogen and oxygen atoms in total. The smallest absolute Gasteiger partial charge is 0.232 e. The molecule has 23 heavy (non-hydrogen) atoms. The fourth-order valence-electron chi connectivity index (χ4n) is 2.42. The number of phenolic OH excluding ortho intramolecular Hbond substituents is 1. The molecular formula is C18H18BrNO3. The van der Waals surface area contributed by atoms with Gasteiger partial charge in [0.25, 0.3) is 0 Å². The van der Waals surface area contributed by atoms with Crippen LogP contribution < -0.4 is 4.74 Å². The normalized spacial score (nSPS) is 11.9. The van der Waals surface area contributed by atoms with Crippen molar-refractivity contribution < 1.29 is 14.3 Å². The topological polar surface area (TPSA) is 55.5 Å². The van der Waals surface area contributed by atoms with E-state index in [0.29, 0.717) is 27.3 Å². The van der Waals surface area contributed by atoms with E-state index < -0.39 is 0 Å². The standard InChI is InChI=1S/C18H18BrNO3/c1-18(2,3)10-5-7-13-12(9-10)20-17(23-13)15-11(19)6-8-14(22-4)16(15)21/h5-9,21H,1-4H3. The molecule has 1 heterocycles. The first kappa shape index (κ1) is 15.9. The summed E-state index contributed by atoms with van der Waals surface area (Å²) in [4.78, 5) is 4.54. The van der Waals surface area contributed by atoms with Gasteiger partial charge < -0.3 is 14.3 Å². The number of benzene rings is 2. The Labute approximate surface area is 143 Å². The van der Waals surface area contributed by atoms with Gasteiger partial charge in [-0.05, 0) is 51.2 Å². The number of rotatable bonds is 2. The second kappa shape index (κ2) is 5.57. The third kappa shape index (κ3) is 2.81. The lowest BCUT2D eigenvalue weighted by molar-refractivity contribution is 0.373. The largest absolute Gasteiger partial charge is 0.504 e. The summed E-state index contributed by atoms with van der Waals surface area (Å²) < 4.78 is 11.7. The van der Waals surface area contributed by atoms with Gasteiger partial charge in [-0.2, -0.15) is 0 Å². The van der Waals surface area contributed by atoms with Crippen molar-refractivity contribution >= 4 is 27.0 Å². The number of aromatic hydroxyl groups is 1. The Balaban J connectivity index is 2.19. The summed E-state index contributed by atoms with van der Waals surface area (Å²) in [6.07, 6.45) is 0. The number of fused-ring (bicyclic) bond motifs is 1. The predicted octanol–water partition coefficient (Wildman–Crippen LogP) is 5.27. The van der Waals surface area contributed by atoms with Crippen LogP contribution in [0.5, 0.6) is 11.5 Å². The molecule has 0 spiro atoms. The molecule has 1 aromatic heterocycles. The molecule has 0 radical (unpaired) electrons. The van der Waals surface area contributed by atoms with Crippen molar-refractivity contribution in [2.45, 2.75) is 26.2 Å². The highest BCUT2D eigenvalue weighted by Crippen LogP contribution is 2.42. The van der Waals surface area contributed by atoms with Gasteiger partial charge in [-0.3, -0.25) is 0 Å². The Morgan fingerprint density at radius 2 is 1.91 bits per heavy atom. The third-order valence-corrected chi connectivity index (χ3v) is 4.44. The average Bonchev–Trinajstić information content (AvgIpc) is 2.89. The van der Waals surface area contributed by atoms with Crippen LogP contribution in [0, 0.1) is 0 Å². The first-order valence-electron chi connectivity index (χ1n) is 7.28. The molecule has 0 unspecified atom stereocenters. The van der Waals surface area contributed by atoms with Crippen LogP contribution in [-0.2, 0) is 5.41 Å². The molecule has 120 valence electrons. The van der Waals surface area contributed by atoms with Crippen molar-refractivity contribution in [1.29, 1.82) is 0 Å². The van der Waals surface area contributed by atoms with Crippen molar-refractivity contribution in [2.75, 3.05) is 7.11 Å². The Bertz CT molecular complexity index is 878. The Hall–Kier alpha value is -2.01. The van der Waals surface area contributed by atoms with Crippen molar-refractivity contribution in [3.63, 3.8) is 0 Å². The molecule has 5 heteroatoms. The van der Waals surface area contributed by atoms with Gasteiger partial charge in [0.05, 0.1) is 12.7 Å². The maximum Gasteiger partial charge on any atom is 0.232 e. The molecule has 1 N–H and O–H groups in total. The van der Waals surface area contributed by atoms with Gasteiger partial charge in [0.2, 0.25) is 5.89 Å². The summed E-state index contributed by atoms with van der Waals surface area (Å²) in [6.45, 7) is 6.46.